The number of fused-ring (bicyclic) bond motifs is 1. The summed E-state index contributed by atoms with van der Waals surface area (Å²) < 4.78 is 4.86. The van der Waals surface area contributed by atoms with Gasteiger partial charge in [0.05, 0.1) is 18.5 Å². The number of amides is 1. The maximum atomic E-state index is 11.8. The molecule has 0 saturated carbocycles. The van der Waals surface area contributed by atoms with Crippen LogP contribution in [0.15, 0.2) is 18.2 Å². The van der Waals surface area contributed by atoms with E-state index in [-0.39, 0.29) is 17.8 Å². The van der Waals surface area contributed by atoms with E-state index in [0.29, 0.717) is 12.2 Å². The number of aromatic nitrogens is 2. The van der Waals surface area contributed by atoms with E-state index in [9.17, 15) is 9.59 Å². The Kier molecular flexibility index (Phi) is 4.18. The molecule has 1 unspecified atom stereocenters. The predicted octanol–water partition coefficient (Wildman–Crippen LogP) is 1.31. The predicted molar refractivity (Wildman–Crippen MR) is 86.4 cm³/mol. The molecule has 1 aliphatic heterocycles. The fourth-order valence-corrected chi connectivity index (χ4v) is 3.07. The molecule has 3 rings (SSSR count). The van der Waals surface area contributed by atoms with Crippen molar-refractivity contribution in [1.82, 2.24) is 15.5 Å². The molecule has 1 aromatic carbocycles. The van der Waals surface area contributed by atoms with E-state index in [1.165, 1.54) is 7.11 Å². The Labute approximate surface area is 134 Å². The van der Waals surface area contributed by atoms with Gasteiger partial charge < -0.3 is 15.0 Å². The highest BCUT2D eigenvalue weighted by molar-refractivity contribution is 6.05. The number of H-pyrrole nitrogens is 1. The van der Waals surface area contributed by atoms with Crippen molar-refractivity contribution in [1.29, 1.82) is 0 Å². The van der Waals surface area contributed by atoms with Crippen molar-refractivity contribution >= 4 is 28.5 Å². The van der Waals surface area contributed by atoms with E-state index in [1.807, 2.05) is 18.2 Å². The Balaban J connectivity index is 1.86. The van der Waals surface area contributed by atoms with E-state index in [2.05, 4.69) is 20.4 Å². The fraction of sp³-hybridized carbons (Fsp3) is 0.438. The van der Waals surface area contributed by atoms with Gasteiger partial charge in [-0.3, -0.25) is 14.7 Å². The van der Waals surface area contributed by atoms with Crippen LogP contribution in [-0.4, -0.2) is 49.3 Å². The van der Waals surface area contributed by atoms with Gasteiger partial charge in [-0.15, -0.1) is 0 Å². The first kappa shape index (κ1) is 15.3. The van der Waals surface area contributed by atoms with Crippen LogP contribution in [0.2, 0.25) is 0 Å². The Morgan fingerprint density at radius 3 is 3.00 bits per heavy atom. The molecule has 0 aliphatic carbocycles. The standard InChI is InChI=1S/C16H20N4O3/c1-17-15(21)14-12-6-5-11(8-13(12)18-19-14)20-7-3-4-10(9-20)16(22)23-2/h5-6,8,10H,3-4,7,9H2,1-2H3,(H,17,21)(H,18,19). The molecule has 1 aliphatic rings. The molecule has 0 spiro atoms. The topological polar surface area (TPSA) is 87.3 Å². The summed E-state index contributed by atoms with van der Waals surface area (Å²) in [5, 5.41) is 10.3. The van der Waals surface area contributed by atoms with Gasteiger partial charge in [0.15, 0.2) is 5.69 Å². The SMILES string of the molecule is CNC(=O)c1n[nH]c2cc(N3CCCC(C(=O)OC)C3)ccc12. The molecule has 0 radical (unpaired) electrons. The van der Waals surface area contributed by atoms with Gasteiger partial charge in [0, 0.05) is 31.2 Å². The van der Waals surface area contributed by atoms with Gasteiger partial charge in [0.2, 0.25) is 0 Å². The van der Waals surface area contributed by atoms with Crippen LogP contribution in [-0.2, 0) is 9.53 Å². The minimum atomic E-state index is -0.215. The monoisotopic (exact) mass is 316 g/mol. The number of aromatic amines is 1. The molecule has 7 nitrogen and oxygen atoms in total. The van der Waals surface area contributed by atoms with Crippen LogP contribution in [0.1, 0.15) is 23.3 Å². The molecule has 1 atom stereocenters. The summed E-state index contributed by atoms with van der Waals surface area (Å²) in [6.45, 7) is 1.55. The number of anilines is 1. The van der Waals surface area contributed by atoms with Crippen molar-refractivity contribution in [3.63, 3.8) is 0 Å². The second-order valence-electron chi connectivity index (χ2n) is 5.69. The normalized spacial score (nSPS) is 18.0. The summed E-state index contributed by atoms with van der Waals surface area (Å²) in [5.74, 6) is -0.459. The van der Waals surface area contributed by atoms with Gasteiger partial charge in [0.1, 0.15) is 0 Å². The summed E-state index contributed by atoms with van der Waals surface area (Å²) in [6.07, 6.45) is 1.81. The number of rotatable bonds is 3. The number of nitrogens with zero attached hydrogens (tertiary/aromatic N) is 2. The van der Waals surface area contributed by atoms with Gasteiger partial charge in [-0.1, -0.05) is 0 Å². The number of benzene rings is 1. The van der Waals surface area contributed by atoms with Crippen LogP contribution in [0, 0.1) is 5.92 Å². The van der Waals surface area contributed by atoms with Crippen molar-refractivity contribution in [2.24, 2.45) is 5.92 Å². The molecule has 7 heteroatoms. The zero-order chi connectivity index (χ0) is 16.4. The second kappa shape index (κ2) is 6.28. The lowest BCUT2D eigenvalue weighted by molar-refractivity contribution is -0.145. The van der Waals surface area contributed by atoms with Gasteiger partial charge >= 0.3 is 5.97 Å². The van der Waals surface area contributed by atoms with Crippen molar-refractivity contribution in [3.8, 4) is 0 Å². The van der Waals surface area contributed by atoms with Crippen molar-refractivity contribution in [3.05, 3.63) is 23.9 Å². The first-order chi connectivity index (χ1) is 11.1. The largest absolute Gasteiger partial charge is 0.469 e. The molecule has 1 fully saturated rings. The lowest BCUT2D eigenvalue weighted by Crippen LogP contribution is -2.39. The Hall–Kier alpha value is -2.57. The number of hydrogen-bond acceptors (Lipinski definition) is 5. The number of methoxy groups -OCH3 is 1. The number of piperidine rings is 1. The Bertz CT molecular complexity index is 740. The molecule has 23 heavy (non-hydrogen) atoms. The van der Waals surface area contributed by atoms with Crippen LogP contribution >= 0.6 is 0 Å². The van der Waals surface area contributed by atoms with Crippen molar-refractivity contribution in [2.45, 2.75) is 12.8 Å². The van der Waals surface area contributed by atoms with Crippen molar-refractivity contribution < 1.29 is 14.3 Å². The van der Waals surface area contributed by atoms with E-state index in [1.54, 1.807) is 7.05 Å². The van der Waals surface area contributed by atoms with E-state index in [4.69, 9.17) is 4.74 Å². The van der Waals surface area contributed by atoms with E-state index in [0.717, 1.165) is 36.0 Å². The maximum Gasteiger partial charge on any atom is 0.310 e. The summed E-state index contributed by atoms with van der Waals surface area (Å²) in [7, 11) is 3.01. The number of carbonyl (C=O) groups excluding carboxylic acids is 2. The Morgan fingerprint density at radius 2 is 2.26 bits per heavy atom. The molecule has 1 aromatic heterocycles. The van der Waals surface area contributed by atoms with E-state index >= 15 is 0 Å². The smallest absolute Gasteiger partial charge is 0.310 e. The third-order valence-corrected chi connectivity index (χ3v) is 4.31. The summed E-state index contributed by atoms with van der Waals surface area (Å²) >= 11 is 0. The highest BCUT2D eigenvalue weighted by Crippen LogP contribution is 2.27. The number of ether oxygens (including phenoxy) is 1. The molecule has 122 valence electrons. The van der Waals surface area contributed by atoms with Crippen LogP contribution in [0.4, 0.5) is 5.69 Å². The van der Waals surface area contributed by atoms with Gasteiger partial charge in [-0.25, -0.2) is 0 Å². The van der Waals surface area contributed by atoms with Crippen LogP contribution in [0.25, 0.3) is 10.9 Å². The number of hydrogen-bond donors (Lipinski definition) is 2. The van der Waals surface area contributed by atoms with Gasteiger partial charge in [-0.2, -0.15) is 5.10 Å². The van der Waals surface area contributed by atoms with Crippen LogP contribution in [0.3, 0.4) is 0 Å². The maximum absolute atomic E-state index is 11.8. The average molecular weight is 316 g/mol. The number of esters is 1. The van der Waals surface area contributed by atoms with Crippen molar-refractivity contribution in [2.75, 3.05) is 32.1 Å². The number of nitrogens with one attached hydrogen (secondary N) is 2. The lowest BCUT2D eigenvalue weighted by Gasteiger charge is -2.33. The quantitative estimate of drug-likeness (QED) is 0.834. The fourth-order valence-electron chi connectivity index (χ4n) is 3.07. The van der Waals surface area contributed by atoms with Gasteiger partial charge in [0.25, 0.3) is 5.91 Å². The van der Waals surface area contributed by atoms with E-state index < -0.39 is 0 Å². The molecule has 2 aromatic rings. The molecular formula is C16H20N4O3. The second-order valence-corrected chi connectivity index (χ2v) is 5.69. The van der Waals surface area contributed by atoms with Gasteiger partial charge in [-0.05, 0) is 31.0 Å². The molecule has 2 N–H and O–H groups in total. The molecule has 1 amide bonds. The highest BCUT2D eigenvalue weighted by atomic mass is 16.5. The molecule has 2 heterocycles. The number of carbonyl (C=O) groups is 2. The minimum absolute atomic E-state index is 0.0901. The summed E-state index contributed by atoms with van der Waals surface area (Å²) in [4.78, 5) is 25.7. The summed E-state index contributed by atoms with van der Waals surface area (Å²) in [5.41, 5.74) is 2.21. The third kappa shape index (κ3) is 2.86. The highest BCUT2D eigenvalue weighted by Gasteiger charge is 2.27. The minimum Gasteiger partial charge on any atom is -0.469 e. The first-order valence-electron chi connectivity index (χ1n) is 7.67. The van der Waals surface area contributed by atoms with Crippen LogP contribution < -0.4 is 10.2 Å². The van der Waals surface area contributed by atoms with Crippen LogP contribution in [0.5, 0.6) is 0 Å². The molecule has 1 saturated heterocycles. The zero-order valence-electron chi connectivity index (χ0n) is 13.3. The molecule has 0 bridgehead atoms. The first-order valence-corrected chi connectivity index (χ1v) is 7.67. The Morgan fingerprint density at radius 1 is 1.43 bits per heavy atom. The zero-order valence-corrected chi connectivity index (χ0v) is 13.3. The lowest BCUT2D eigenvalue weighted by atomic mass is 9.97. The average Bonchev–Trinajstić information content (AvgIpc) is 3.03. The third-order valence-electron chi connectivity index (χ3n) is 4.31. The summed E-state index contributed by atoms with van der Waals surface area (Å²) in [6, 6.07) is 5.82. The molecular weight excluding hydrogens is 296 g/mol.